The Kier molecular flexibility index (Phi) is 6.86. The van der Waals surface area contributed by atoms with Crippen molar-refractivity contribution in [1.82, 2.24) is 25.7 Å². The number of thiocarbonyl (C=S) groups is 1. The maximum absolute atomic E-state index is 12.5. The summed E-state index contributed by atoms with van der Waals surface area (Å²) in [5.41, 5.74) is 7.12. The van der Waals surface area contributed by atoms with Crippen LogP contribution >= 0.6 is 35.4 Å². The Hall–Kier alpha value is -2.75. The first kappa shape index (κ1) is 21.9. The predicted octanol–water partition coefficient (Wildman–Crippen LogP) is 3.15. The summed E-state index contributed by atoms with van der Waals surface area (Å²) in [7, 11) is 4.75. The van der Waals surface area contributed by atoms with E-state index in [9.17, 15) is 4.79 Å². The van der Waals surface area contributed by atoms with Crippen molar-refractivity contribution in [1.29, 1.82) is 0 Å². The van der Waals surface area contributed by atoms with Gasteiger partial charge in [-0.3, -0.25) is 15.6 Å². The number of ether oxygens (including phenoxy) is 2. The highest BCUT2D eigenvalue weighted by Crippen LogP contribution is 2.35. The van der Waals surface area contributed by atoms with Crippen LogP contribution in [0.4, 0.5) is 0 Å². The highest BCUT2D eigenvalue weighted by molar-refractivity contribution is 7.80. The Labute approximate surface area is 188 Å². The number of fused-ring (bicyclic) bond motifs is 1. The maximum atomic E-state index is 12.5. The van der Waals surface area contributed by atoms with E-state index in [1.165, 1.54) is 0 Å². The van der Waals surface area contributed by atoms with Crippen LogP contribution in [0.5, 0.6) is 11.5 Å². The molecule has 1 amide bonds. The molecule has 158 valence electrons. The molecule has 0 aliphatic rings. The summed E-state index contributed by atoms with van der Waals surface area (Å²) in [5.74, 6) is 1.32. The van der Waals surface area contributed by atoms with Gasteiger partial charge in [-0.15, -0.1) is 0 Å². The Morgan fingerprint density at radius 3 is 2.47 bits per heavy atom. The van der Waals surface area contributed by atoms with Crippen molar-refractivity contribution >= 4 is 57.5 Å². The highest BCUT2D eigenvalue weighted by atomic mass is 35.5. The second-order valence-electron chi connectivity index (χ2n) is 6.10. The maximum Gasteiger partial charge on any atom is 0.258 e. The van der Waals surface area contributed by atoms with Crippen LogP contribution in [-0.2, 0) is 11.3 Å². The molecule has 0 saturated carbocycles. The van der Waals surface area contributed by atoms with Gasteiger partial charge in [0.1, 0.15) is 12.4 Å². The molecule has 1 aromatic heterocycles. The third-order valence-corrected chi connectivity index (χ3v) is 5.30. The number of carbonyl (C=O) groups is 1. The molecule has 0 radical (unpaired) electrons. The van der Waals surface area contributed by atoms with Crippen LogP contribution in [-0.4, -0.2) is 41.8 Å². The van der Waals surface area contributed by atoms with E-state index >= 15 is 0 Å². The minimum absolute atomic E-state index is 0.0442. The summed E-state index contributed by atoms with van der Waals surface area (Å²) in [4.78, 5) is 17.2. The van der Waals surface area contributed by atoms with Crippen molar-refractivity contribution in [3.8, 4) is 22.9 Å². The number of carbonyl (C=O) groups excluding carboxylic acids is 1. The van der Waals surface area contributed by atoms with E-state index in [1.807, 2.05) is 6.07 Å². The van der Waals surface area contributed by atoms with Gasteiger partial charge in [0.2, 0.25) is 0 Å². The first-order valence-corrected chi connectivity index (χ1v) is 9.88. The van der Waals surface area contributed by atoms with Crippen molar-refractivity contribution < 1.29 is 14.3 Å². The van der Waals surface area contributed by atoms with Crippen molar-refractivity contribution in [2.75, 3.05) is 21.3 Å². The SMILES string of the molecule is CNC(=S)NNC(=O)Cn1c(-c2ccc(OC)c(OC)c2)nc2cc(Cl)c(Cl)cc21. The molecule has 2 aromatic carbocycles. The number of hydrogen-bond donors (Lipinski definition) is 3. The van der Waals surface area contributed by atoms with Crippen LogP contribution in [0.1, 0.15) is 0 Å². The molecule has 3 rings (SSSR count). The molecule has 30 heavy (non-hydrogen) atoms. The Morgan fingerprint density at radius 1 is 1.10 bits per heavy atom. The van der Waals surface area contributed by atoms with Crippen molar-refractivity contribution in [2.45, 2.75) is 6.54 Å². The third kappa shape index (κ3) is 4.53. The van der Waals surface area contributed by atoms with Crippen LogP contribution in [0, 0.1) is 0 Å². The van der Waals surface area contributed by atoms with Crippen molar-refractivity contribution in [3.05, 3.63) is 40.4 Å². The van der Waals surface area contributed by atoms with E-state index in [0.29, 0.717) is 38.4 Å². The topological polar surface area (TPSA) is 89.4 Å². The van der Waals surface area contributed by atoms with E-state index in [4.69, 9.17) is 44.9 Å². The number of imidazole rings is 1. The summed E-state index contributed by atoms with van der Waals surface area (Å²) in [5, 5.41) is 3.73. The van der Waals surface area contributed by atoms with E-state index in [-0.39, 0.29) is 17.6 Å². The summed E-state index contributed by atoms with van der Waals surface area (Å²) in [6, 6.07) is 8.72. The standard InChI is InChI=1S/C19H19Cl2N5O3S/c1-22-19(30)25-24-17(27)9-26-14-8-12(21)11(20)7-13(14)23-18(26)10-4-5-15(28-2)16(6-10)29-3/h4-8H,9H2,1-3H3,(H,24,27)(H2,22,25,30). The lowest BCUT2D eigenvalue weighted by Crippen LogP contribution is -2.46. The summed E-state index contributed by atoms with van der Waals surface area (Å²) < 4.78 is 12.4. The minimum atomic E-state index is -0.334. The first-order valence-electron chi connectivity index (χ1n) is 8.72. The number of methoxy groups -OCH3 is 2. The molecule has 0 atom stereocenters. The van der Waals surface area contributed by atoms with Crippen LogP contribution in [0.25, 0.3) is 22.4 Å². The van der Waals surface area contributed by atoms with Gasteiger partial charge in [0.15, 0.2) is 16.6 Å². The monoisotopic (exact) mass is 467 g/mol. The minimum Gasteiger partial charge on any atom is -0.493 e. The van der Waals surface area contributed by atoms with E-state index < -0.39 is 0 Å². The van der Waals surface area contributed by atoms with E-state index in [2.05, 4.69) is 21.2 Å². The van der Waals surface area contributed by atoms with Crippen LogP contribution in [0.3, 0.4) is 0 Å². The van der Waals surface area contributed by atoms with Crippen LogP contribution in [0.2, 0.25) is 10.0 Å². The highest BCUT2D eigenvalue weighted by Gasteiger charge is 2.18. The Bertz CT molecular complexity index is 1120. The van der Waals surface area contributed by atoms with Gasteiger partial charge in [0, 0.05) is 12.6 Å². The van der Waals surface area contributed by atoms with E-state index in [1.54, 1.807) is 50.1 Å². The third-order valence-electron chi connectivity index (χ3n) is 4.28. The van der Waals surface area contributed by atoms with Gasteiger partial charge in [-0.1, -0.05) is 23.2 Å². The average molecular weight is 468 g/mol. The predicted molar refractivity (Wildman–Crippen MR) is 121 cm³/mol. The molecule has 11 heteroatoms. The number of nitrogens with zero attached hydrogens (tertiary/aromatic N) is 2. The van der Waals surface area contributed by atoms with Gasteiger partial charge < -0.3 is 19.4 Å². The van der Waals surface area contributed by atoms with Gasteiger partial charge in [0.25, 0.3) is 5.91 Å². The lowest BCUT2D eigenvalue weighted by atomic mass is 10.2. The number of benzene rings is 2. The Morgan fingerprint density at radius 2 is 1.80 bits per heavy atom. The summed E-state index contributed by atoms with van der Waals surface area (Å²) in [6.45, 7) is -0.0442. The van der Waals surface area contributed by atoms with Gasteiger partial charge in [0.05, 0.1) is 35.3 Å². The molecule has 0 aliphatic heterocycles. The van der Waals surface area contributed by atoms with Gasteiger partial charge in [-0.05, 0) is 42.5 Å². The molecule has 0 unspecified atom stereocenters. The molecule has 3 N–H and O–H groups in total. The first-order chi connectivity index (χ1) is 14.4. The number of hydrazine groups is 1. The number of hydrogen-bond acceptors (Lipinski definition) is 5. The fraction of sp³-hybridized carbons (Fsp3) is 0.211. The van der Waals surface area contributed by atoms with Gasteiger partial charge in [-0.25, -0.2) is 4.98 Å². The average Bonchev–Trinajstić information content (AvgIpc) is 3.08. The lowest BCUT2D eigenvalue weighted by Gasteiger charge is -2.13. The molecule has 0 saturated heterocycles. The number of aromatic nitrogens is 2. The van der Waals surface area contributed by atoms with Gasteiger partial charge in [-0.2, -0.15) is 0 Å². The summed E-state index contributed by atoms with van der Waals surface area (Å²) >= 11 is 17.3. The second kappa shape index (κ2) is 9.38. The molecule has 3 aromatic rings. The smallest absolute Gasteiger partial charge is 0.258 e. The molecular formula is C19H19Cl2N5O3S. The fourth-order valence-electron chi connectivity index (χ4n) is 2.85. The molecule has 0 spiro atoms. The molecule has 8 nitrogen and oxygen atoms in total. The molecule has 0 aliphatic carbocycles. The van der Waals surface area contributed by atoms with Gasteiger partial charge >= 0.3 is 0 Å². The molecule has 0 bridgehead atoms. The Balaban J connectivity index is 2.08. The van der Waals surface area contributed by atoms with Crippen molar-refractivity contribution in [2.24, 2.45) is 0 Å². The van der Waals surface area contributed by atoms with E-state index in [0.717, 1.165) is 5.56 Å². The van der Waals surface area contributed by atoms with Crippen LogP contribution in [0.15, 0.2) is 30.3 Å². The van der Waals surface area contributed by atoms with Crippen molar-refractivity contribution in [3.63, 3.8) is 0 Å². The zero-order valence-electron chi connectivity index (χ0n) is 16.4. The lowest BCUT2D eigenvalue weighted by molar-refractivity contribution is -0.122. The number of rotatable bonds is 5. The zero-order valence-corrected chi connectivity index (χ0v) is 18.7. The molecule has 1 heterocycles. The largest absolute Gasteiger partial charge is 0.493 e. The molecular weight excluding hydrogens is 449 g/mol. The normalized spacial score (nSPS) is 10.6. The molecule has 0 fully saturated rings. The van der Waals surface area contributed by atoms with Crippen LogP contribution < -0.4 is 25.6 Å². The zero-order chi connectivity index (χ0) is 21.8. The fourth-order valence-corrected chi connectivity index (χ4v) is 3.21. The number of halogens is 2. The second-order valence-corrected chi connectivity index (χ2v) is 7.32. The number of amides is 1. The quantitative estimate of drug-likeness (QED) is 0.392. The summed E-state index contributed by atoms with van der Waals surface area (Å²) in [6.07, 6.45) is 0. The number of nitrogens with one attached hydrogen (secondary N) is 3.